The number of nitrogens with one attached hydrogen (secondary N) is 2. The number of hydrogen-bond donors (Lipinski definition) is 2. The number of hydrogen-bond acceptors (Lipinski definition) is 7. The first-order valence-electron chi connectivity index (χ1n) is 13.1. The van der Waals surface area contributed by atoms with Crippen LogP contribution in [0.15, 0.2) is 29.1 Å². The van der Waals surface area contributed by atoms with Gasteiger partial charge in [-0.2, -0.15) is 22.7 Å². The van der Waals surface area contributed by atoms with Crippen molar-refractivity contribution in [2.24, 2.45) is 0 Å². The summed E-state index contributed by atoms with van der Waals surface area (Å²) in [4.78, 5) is 34.3. The molecule has 1 aromatic carbocycles. The number of carbonyl (C=O) groups excluding carboxylic acids is 1. The zero-order valence-electron chi connectivity index (χ0n) is 21.6. The standard InChI is InChI=1S/C26H27ClF3N7O3/c1-14-12-19(23(38)32-18-3-2-16(13-17(18)27)26(28,29)30)36-20(14)21(35-8-6-31-7-9-35)24(39)37-25(36)33-22(34-37)15-4-10-40-11-5-15/h2-4,13-14,19,31H,5-12H2,1H3,(H,32,38)/t14-,19+/m0/s1. The van der Waals surface area contributed by atoms with Crippen molar-refractivity contribution < 1.29 is 22.7 Å². The molecule has 3 aromatic rings. The number of nitrogens with zero attached hydrogens (tertiary/aromatic N) is 5. The fraction of sp³-hybridized carbons (Fsp3) is 0.462. The van der Waals surface area contributed by atoms with Gasteiger partial charge in [-0.3, -0.25) is 14.2 Å². The third-order valence-electron chi connectivity index (χ3n) is 7.60. The summed E-state index contributed by atoms with van der Waals surface area (Å²) in [5.41, 5.74) is 0.896. The Kier molecular flexibility index (Phi) is 6.83. The van der Waals surface area contributed by atoms with Crippen LogP contribution >= 0.6 is 11.6 Å². The largest absolute Gasteiger partial charge is 0.416 e. The Morgan fingerprint density at radius 3 is 2.70 bits per heavy atom. The summed E-state index contributed by atoms with van der Waals surface area (Å²) in [6.45, 7) is 5.52. The molecular formula is C26H27ClF3N7O3. The molecule has 0 aliphatic carbocycles. The summed E-state index contributed by atoms with van der Waals surface area (Å²) in [7, 11) is 0. The van der Waals surface area contributed by atoms with Crippen molar-refractivity contribution in [3.05, 3.63) is 56.7 Å². The molecule has 1 amide bonds. The maximum absolute atomic E-state index is 13.9. The van der Waals surface area contributed by atoms with E-state index in [-0.39, 0.29) is 28.0 Å². The van der Waals surface area contributed by atoms with Crippen LogP contribution in [-0.4, -0.2) is 64.5 Å². The Balaban J connectivity index is 1.46. The zero-order valence-corrected chi connectivity index (χ0v) is 22.3. The highest BCUT2D eigenvalue weighted by Crippen LogP contribution is 2.42. The molecule has 6 rings (SSSR count). The van der Waals surface area contributed by atoms with Crippen molar-refractivity contribution >= 4 is 40.2 Å². The van der Waals surface area contributed by atoms with Gasteiger partial charge in [0.2, 0.25) is 11.7 Å². The fourth-order valence-electron chi connectivity index (χ4n) is 5.64. The molecule has 0 saturated carbocycles. The van der Waals surface area contributed by atoms with Gasteiger partial charge >= 0.3 is 6.18 Å². The van der Waals surface area contributed by atoms with Crippen LogP contribution in [0.25, 0.3) is 11.4 Å². The summed E-state index contributed by atoms with van der Waals surface area (Å²) in [6.07, 6.45) is -1.73. The molecule has 1 fully saturated rings. The molecule has 40 heavy (non-hydrogen) atoms. The average molecular weight is 578 g/mol. The van der Waals surface area contributed by atoms with Gasteiger partial charge in [0.05, 0.1) is 35.2 Å². The number of rotatable bonds is 4. The molecule has 0 bridgehead atoms. The number of halogens is 4. The van der Waals surface area contributed by atoms with E-state index in [1.807, 2.05) is 17.9 Å². The van der Waals surface area contributed by atoms with Gasteiger partial charge in [-0.25, -0.2) is 0 Å². The van der Waals surface area contributed by atoms with Gasteiger partial charge in [0.1, 0.15) is 11.7 Å². The molecule has 3 aliphatic heterocycles. The van der Waals surface area contributed by atoms with E-state index in [4.69, 9.17) is 21.3 Å². The summed E-state index contributed by atoms with van der Waals surface area (Å²) in [5.74, 6) is -0.0101. The normalized spacial score (nSPS) is 21.4. The molecule has 0 unspecified atom stereocenters. The third-order valence-corrected chi connectivity index (χ3v) is 7.91. The number of benzene rings is 1. The molecule has 2 atom stereocenters. The zero-order chi connectivity index (χ0) is 28.2. The minimum Gasteiger partial charge on any atom is -0.377 e. The van der Waals surface area contributed by atoms with E-state index in [2.05, 4.69) is 15.7 Å². The minimum atomic E-state index is -4.56. The first-order valence-corrected chi connectivity index (χ1v) is 13.5. The molecule has 0 radical (unpaired) electrons. The Bertz CT molecular complexity index is 1580. The van der Waals surface area contributed by atoms with Crippen molar-refractivity contribution in [3.63, 3.8) is 0 Å². The van der Waals surface area contributed by atoms with Crippen molar-refractivity contribution in [2.45, 2.75) is 37.9 Å². The van der Waals surface area contributed by atoms with E-state index in [9.17, 15) is 22.8 Å². The lowest BCUT2D eigenvalue weighted by Crippen LogP contribution is -2.46. The van der Waals surface area contributed by atoms with Gasteiger partial charge in [-0.05, 0) is 36.6 Å². The number of ether oxygens (including phenoxy) is 1. The Hall–Kier alpha value is -3.42. The van der Waals surface area contributed by atoms with Gasteiger partial charge in [0.15, 0.2) is 5.82 Å². The summed E-state index contributed by atoms with van der Waals surface area (Å²) in [6, 6.07) is 2.00. The van der Waals surface area contributed by atoms with Crippen LogP contribution in [0.3, 0.4) is 0 Å². The first kappa shape index (κ1) is 26.8. The fourth-order valence-corrected chi connectivity index (χ4v) is 5.87. The molecule has 2 N–H and O–H groups in total. The number of aromatic nitrogens is 4. The quantitative estimate of drug-likeness (QED) is 0.489. The van der Waals surface area contributed by atoms with Crippen molar-refractivity contribution in [1.29, 1.82) is 0 Å². The van der Waals surface area contributed by atoms with Gasteiger partial charge in [-0.15, -0.1) is 5.10 Å². The van der Waals surface area contributed by atoms with Crippen LogP contribution in [0.4, 0.5) is 24.5 Å². The second-order valence-electron chi connectivity index (χ2n) is 10.2. The molecule has 2 aromatic heterocycles. The topological polar surface area (TPSA) is 106 Å². The van der Waals surface area contributed by atoms with E-state index < -0.39 is 23.7 Å². The lowest BCUT2D eigenvalue weighted by Gasteiger charge is -2.31. The van der Waals surface area contributed by atoms with Crippen LogP contribution in [0.2, 0.25) is 5.02 Å². The van der Waals surface area contributed by atoms with Crippen LogP contribution in [0, 0.1) is 0 Å². The number of carbonyl (C=O) groups is 1. The summed E-state index contributed by atoms with van der Waals surface area (Å²) < 4.78 is 47.8. The van der Waals surface area contributed by atoms with Crippen molar-refractivity contribution in [1.82, 2.24) is 24.5 Å². The van der Waals surface area contributed by atoms with E-state index in [0.29, 0.717) is 69.4 Å². The smallest absolute Gasteiger partial charge is 0.377 e. The van der Waals surface area contributed by atoms with Crippen molar-refractivity contribution in [2.75, 3.05) is 49.6 Å². The molecule has 0 spiro atoms. The Morgan fingerprint density at radius 1 is 1.25 bits per heavy atom. The second kappa shape index (κ2) is 10.2. The van der Waals surface area contributed by atoms with Gasteiger partial charge in [-0.1, -0.05) is 24.6 Å². The maximum atomic E-state index is 13.9. The van der Waals surface area contributed by atoms with E-state index in [0.717, 1.165) is 23.8 Å². The second-order valence-corrected chi connectivity index (χ2v) is 10.6. The molecule has 10 nitrogen and oxygen atoms in total. The van der Waals surface area contributed by atoms with Crippen LogP contribution in [0.1, 0.15) is 48.8 Å². The van der Waals surface area contributed by atoms with E-state index >= 15 is 0 Å². The average Bonchev–Trinajstić information content (AvgIpc) is 3.53. The molecule has 1 saturated heterocycles. The van der Waals surface area contributed by atoms with Gasteiger partial charge in [0.25, 0.3) is 5.56 Å². The predicted molar refractivity (Wildman–Crippen MR) is 143 cm³/mol. The number of anilines is 2. The monoisotopic (exact) mass is 577 g/mol. The van der Waals surface area contributed by atoms with E-state index in [1.165, 1.54) is 4.52 Å². The molecule has 3 aliphatic rings. The number of amides is 1. The molecule has 5 heterocycles. The number of piperazine rings is 1. The first-order chi connectivity index (χ1) is 19.1. The maximum Gasteiger partial charge on any atom is 0.416 e. The highest BCUT2D eigenvalue weighted by atomic mass is 35.5. The molecule has 14 heteroatoms. The number of fused-ring (bicyclic) bond motifs is 3. The molecular weight excluding hydrogens is 551 g/mol. The predicted octanol–water partition coefficient (Wildman–Crippen LogP) is 3.46. The summed E-state index contributed by atoms with van der Waals surface area (Å²) >= 11 is 6.13. The molecule has 212 valence electrons. The van der Waals surface area contributed by atoms with Crippen LogP contribution < -0.4 is 21.1 Å². The Morgan fingerprint density at radius 2 is 2.02 bits per heavy atom. The van der Waals surface area contributed by atoms with Crippen LogP contribution in [0.5, 0.6) is 0 Å². The highest BCUT2D eigenvalue weighted by Gasteiger charge is 2.40. The highest BCUT2D eigenvalue weighted by molar-refractivity contribution is 6.33. The van der Waals surface area contributed by atoms with Crippen LogP contribution in [-0.2, 0) is 15.7 Å². The lowest BCUT2D eigenvalue weighted by molar-refractivity contribution is -0.137. The Labute approximate surface area is 231 Å². The summed E-state index contributed by atoms with van der Waals surface area (Å²) in [5, 5.41) is 10.3. The number of alkyl halides is 3. The van der Waals surface area contributed by atoms with E-state index in [1.54, 1.807) is 4.57 Å². The SMILES string of the molecule is C[C@H]1C[C@H](C(=O)Nc2ccc(C(F)(F)F)cc2Cl)n2c1c(N1CCNCC1)c(=O)n1nc(C3=CCOCC3)nc21. The van der Waals surface area contributed by atoms with Gasteiger partial charge < -0.3 is 20.3 Å². The van der Waals surface area contributed by atoms with Crippen molar-refractivity contribution in [3.8, 4) is 0 Å². The minimum absolute atomic E-state index is 0.0645. The third kappa shape index (κ3) is 4.65. The lowest BCUT2D eigenvalue weighted by atomic mass is 10.0. The van der Waals surface area contributed by atoms with Gasteiger partial charge in [0, 0.05) is 32.1 Å².